The van der Waals surface area contributed by atoms with E-state index in [0.717, 1.165) is 5.69 Å². The summed E-state index contributed by atoms with van der Waals surface area (Å²) >= 11 is -0.555. The Bertz CT molecular complexity index is 235. The van der Waals surface area contributed by atoms with Crippen LogP contribution in [-0.2, 0) is 0 Å². The van der Waals surface area contributed by atoms with Gasteiger partial charge in [-0.2, -0.15) is 0 Å². The number of nitrogens with one attached hydrogen (secondary N) is 1. The van der Waals surface area contributed by atoms with Gasteiger partial charge in [0.05, 0.1) is 0 Å². The first-order valence-electron chi connectivity index (χ1n) is 3.68. The van der Waals surface area contributed by atoms with Gasteiger partial charge < -0.3 is 5.32 Å². The van der Waals surface area contributed by atoms with E-state index in [-0.39, 0.29) is 4.77 Å². The number of amides is 1. The summed E-state index contributed by atoms with van der Waals surface area (Å²) < 4.78 is 0.191. The van der Waals surface area contributed by atoms with Crippen molar-refractivity contribution in [3.63, 3.8) is 0 Å². The number of benzene rings is 1. The van der Waals surface area contributed by atoms with Gasteiger partial charge in [0.2, 0.25) is 0 Å². The number of carbonyl (C=O) groups excluding carboxylic acids is 1. The van der Waals surface area contributed by atoms with Crippen LogP contribution < -0.4 is 5.32 Å². The van der Waals surface area contributed by atoms with Gasteiger partial charge in [-0.1, -0.05) is 18.2 Å². The Labute approximate surface area is 72.3 Å². The molecule has 2 nitrogen and oxygen atoms in total. The second-order valence-electron chi connectivity index (χ2n) is 2.27. The fourth-order valence-corrected chi connectivity index (χ4v) is 1.15. The van der Waals surface area contributed by atoms with E-state index < -0.39 is 15.2 Å². The monoisotopic (exact) mass is 163 g/mol. The van der Waals surface area contributed by atoms with Crippen LogP contribution in [0.5, 0.6) is 0 Å². The van der Waals surface area contributed by atoms with Gasteiger partial charge in [-0.25, -0.2) is 0 Å². The van der Waals surface area contributed by atoms with Gasteiger partial charge in [-0.3, -0.25) is 4.79 Å². The third-order valence-corrected chi connectivity index (χ3v) is 2.20. The summed E-state index contributed by atoms with van der Waals surface area (Å²) in [6, 6.07) is 9.53. The summed E-state index contributed by atoms with van der Waals surface area (Å²) in [6.07, 6.45) is 0. The quantitative estimate of drug-likeness (QED) is 0.660. The Morgan fingerprint density at radius 2 is 2.00 bits per heavy atom. The van der Waals surface area contributed by atoms with Crippen LogP contribution in [-0.4, -0.2) is 20.0 Å². The van der Waals surface area contributed by atoms with Crippen LogP contribution in [0.1, 0.15) is 0 Å². The van der Waals surface area contributed by atoms with Crippen molar-refractivity contribution in [3.05, 3.63) is 30.3 Å². The third-order valence-electron chi connectivity index (χ3n) is 1.38. The van der Waals surface area contributed by atoms with Crippen molar-refractivity contribution in [3.8, 4) is 0 Å². The molecule has 0 saturated carbocycles. The lowest BCUT2D eigenvalue weighted by Crippen LogP contribution is -2.14. The highest BCUT2D eigenvalue weighted by Crippen LogP contribution is 2.03. The first kappa shape index (κ1) is 8.32. The molecule has 0 fully saturated rings. The second kappa shape index (κ2) is 4.17. The molecule has 0 aliphatic rings. The van der Waals surface area contributed by atoms with Crippen LogP contribution in [0.25, 0.3) is 0 Å². The highest BCUT2D eigenvalue weighted by molar-refractivity contribution is 6.74. The normalized spacial score (nSPS) is 8.82. The zero-order chi connectivity index (χ0) is 8.10. The van der Waals surface area contributed by atoms with Crippen molar-refractivity contribution >= 4 is 25.7 Å². The maximum Gasteiger partial charge on any atom is 0.375 e. The predicted molar refractivity (Wildman–Crippen MR) is 48.5 cm³/mol. The second-order valence-corrected chi connectivity index (χ2v) is 3.62. The van der Waals surface area contributed by atoms with Crippen LogP contribution in [0.2, 0.25) is 5.79 Å². The first-order chi connectivity index (χ1) is 5.33. The molecule has 0 radical (unpaired) electrons. The largest absolute Gasteiger partial charge is 0.375 e. The Balaban J connectivity index is 2.58. The first-order valence-corrected chi connectivity index (χ1v) is 5.80. The van der Waals surface area contributed by atoms with Gasteiger partial charge >= 0.3 is 15.2 Å². The molecule has 0 saturated heterocycles. The molecular weight excluding hydrogens is 153 g/mol. The van der Waals surface area contributed by atoms with Crippen LogP contribution >= 0.6 is 0 Å². The lowest BCUT2D eigenvalue weighted by molar-refractivity contribution is 0.268. The Hall–Kier alpha value is -0.778. The topological polar surface area (TPSA) is 29.1 Å². The summed E-state index contributed by atoms with van der Waals surface area (Å²) in [5.74, 6) is 1.97. The summed E-state index contributed by atoms with van der Waals surface area (Å²) in [6.45, 7) is 0. The van der Waals surface area contributed by atoms with Crippen LogP contribution in [0.15, 0.2) is 30.3 Å². The molecule has 56 valence electrons. The van der Waals surface area contributed by atoms with E-state index in [0.29, 0.717) is 0 Å². The number of hydrogen-bond donors (Lipinski definition) is 1. The summed E-state index contributed by atoms with van der Waals surface area (Å²) in [5, 5.41) is 2.81. The summed E-state index contributed by atoms with van der Waals surface area (Å²) in [7, 11) is 0. The van der Waals surface area contributed by atoms with E-state index in [4.69, 9.17) is 0 Å². The molecular formula is C8H10AlNO. The highest BCUT2D eigenvalue weighted by Gasteiger charge is 1.98. The van der Waals surface area contributed by atoms with Crippen molar-refractivity contribution in [2.24, 2.45) is 0 Å². The fraction of sp³-hybridized carbons (Fsp3) is 0.125. The minimum absolute atomic E-state index is 0.191. The molecule has 0 heterocycles. The maximum atomic E-state index is 10.9. The van der Waals surface area contributed by atoms with Crippen LogP contribution in [0, 0.1) is 0 Å². The van der Waals surface area contributed by atoms with Gasteiger partial charge in [-0.05, 0) is 12.1 Å². The molecule has 1 aromatic rings. The van der Waals surface area contributed by atoms with Crippen molar-refractivity contribution in [1.29, 1.82) is 0 Å². The molecule has 0 bridgehead atoms. The Morgan fingerprint density at radius 1 is 1.36 bits per heavy atom. The predicted octanol–water partition coefficient (Wildman–Crippen LogP) is 1.70. The van der Waals surface area contributed by atoms with Crippen molar-refractivity contribution in [2.45, 2.75) is 5.79 Å². The Morgan fingerprint density at radius 3 is 2.55 bits per heavy atom. The SMILES string of the molecule is [CH3][AlH][C](=O)Nc1ccccc1. The van der Waals surface area contributed by atoms with Gasteiger partial charge in [0.15, 0.2) is 0 Å². The number of carbonyl (C=O) groups is 1. The average Bonchev–Trinajstić information content (AvgIpc) is 2.06. The van der Waals surface area contributed by atoms with E-state index in [9.17, 15) is 4.79 Å². The van der Waals surface area contributed by atoms with Crippen molar-refractivity contribution in [2.75, 3.05) is 5.32 Å². The van der Waals surface area contributed by atoms with Crippen molar-refractivity contribution < 1.29 is 4.79 Å². The highest BCUT2D eigenvalue weighted by atomic mass is 27.1. The number of para-hydroxylation sites is 1. The van der Waals surface area contributed by atoms with E-state index >= 15 is 0 Å². The van der Waals surface area contributed by atoms with Crippen LogP contribution in [0.3, 0.4) is 0 Å². The molecule has 11 heavy (non-hydrogen) atoms. The molecule has 1 rings (SSSR count). The number of rotatable bonds is 2. The molecule has 0 aliphatic heterocycles. The minimum atomic E-state index is -0.555. The van der Waals surface area contributed by atoms with Gasteiger partial charge in [0, 0.05) is 5.69 Å². The average molecular weight is 163 g/mol. The smallest absolute Gasteiger partial charge is 0.343 e. The third kappa shape index (κ3) is 2.75. The van der Waals surface area contributed by atoms with Gasteiger partial charge in [-0.15, -0.1) is 5.79 Å². The fourth-order valence-electron chi connectivity index (χ4n) is 0.771. The van der Waals surface area contributed by atoms with Gasteiger partial charge in [0.25, 0.3) is 0 Å². The lowest BCUT2D eigenvalue weighted by atomic mass is 10.3. The number of hydrogen-bond acceptors (Lipinski definition) is 1. The lowest BCUT2D eigenvalue weighted by Gasteiger charge is -2.01. The van der Waals surface area contributed by atoms with Gasteiger partial charge in [0.1, 0.15) is 4.77 Å². The van der Waals surface area contributed by atoms with Crippen LogP contribution in [0.4, 0.5) is 10.5 Å². The zero-order valence-electron chi connectivity index (χ0n) is 6.50. The molecule has 0 atom stereocenters. The maximum absolute atomic E-state index is 10.9. The van der Waals surface area contributed by atoms with E-state index in [2.05, 4.69) is 5.32 Å². The van der Waals surface area contributed by atoms with Crippen molar-refractivity contribution in [1.82, 2.24) is 0 Å². The number of anilines is 1. The van der Waals surface area contributed by atoms with E-state index in [1.165, 1.54) is 0 Å². The molecule has 1 N–H and O–H groups in total. The summed E-state index contributed by atoms with van der Waals surface area (Å²) in [4.78, 5) is 10.9. The molecule has 0 unspecified atom stereocenters. The standard InChI is InChI=1S/C7H6NO.CH3.Al.H/c9-6-8-7-4-2-1-3-5-7;;;/h1-5H,(H,8,9);1H3;;. The molecule has 0 spiro atoms. The molecule has 1 amide bonds. The molecule has 1 aromatic carbocycles. The molecule has 0 aliphatic carbocycles. The van der Waals surface area contributed by atoms with E-state index in [1.807, 2.05) is 36.1 Å². The van der Waals surface area contributed by atoms with E-state index in [1.54, 1.807) is 0 Å². The molecule has 3 heteroatoms. The molecule has 0 aromatic heterocycles. The Kier molecular flexibility index (Phi) is 3.16. The minimum Gasteiger partial charge on any atom is -0.343 e. The zero-order valence-corrected chi connectivity index (χ0v) is 7.92. The summed E-state index contributed by atoms with van der Waals surface area (Å²) in [5.41, 5.74) is 0.895.